The van der Waals surface area contributed by atoms with Crippen molar-refractivity contribution in [2.24, 2.45) is 0 Å². The lowest BCUT2D eigenvalue weighted by Gasteiger charge is -2.26. The van der Waals surface area contributed by atoms with Crippen LogP contribution >= 0.6 is 0 Å². The average Bonchev–Trinajstić information content (AvgIpc) is 2.64. The summed E-state index contributed by atoms with van der Waals surface area (Å²) >= 11 is 0. The van der Waals surface area contributed by atoms with Crippen molar-refractivity contribution in [3.05, 3.63) is 59.2 Å². The van der Waals surface area contributed by atoms with Gasteiger partial charge in [0.2, 0.25) is 5.91 Å². The smallest absolute Gasteiger partial charge is 0.259 e. The number of morpholine rings is 1. The highest BCUT2D eigenvalue weighted by Crippen LogP contribution is 2.20. The van der Waals surface area contributed by atoms with E-state index >= 15 is 0 Å². The Morgan fingerprint density at radius 3 is 2.46 bits per heavy atom. The number of nitrogens with zero attached hydrogens (tertiary/aromatic N) is 1. The van der Waals surface area contributed by atoms with Crippen LogP contribution in [-0.4, -0.2) is 48.1 Å². The van der Waals surface area contributed by atoms with Crippen LogP contribution in [0.3, 0.4) is 0 Å². The fourth-order valence-corrected chi connectivity index (χ4v) is 2.84. The molecule has 0 atom stereocenters. The van der Waals surface area contributed by atoms with Gasteiger partial charge in [-0.05, 0) is 42.3 Å². The monoisotopic (exact) mass is 354 g/mol. The molecule has 1 aliphatic heterocycles. The minimum Gasteiger partial charge on any atom is -0.507 e. The molecule has 0 aliphatic carbocycles. The normalized spacial score (nSPS) is 14.1. The summed E-state index contributed by atoms with van der Waals surface area (Å²) in [5, 5.41) is 12.6. The lowest BCUT2D eigenvalue weighted by Crippen LogP contribution is -2.41. The molecule has 0 spiro atoms. The van der Waals surface area contributed by atoms with Gasteiger partial charge in [-0.2, -0.15) is 0 Å². The van der Waals surface area contributed by atoms with Crippen LogP contribution < -0.4 is 5.32 Å². The van der Waals surface area contributed by atoms with Gasteiger partial charge < -0.3 is 20.1 Å². The molecule has 1 fully saturated rings. The van der Waals surface area contributed by atoms with Gasteiger partial charge in [0.05, 0.1) is 25.2 Å². The van der Waals surface area contributed by atoms with Crippen molar-refractivity contribution in [2.75, 3.05) is 31.6 Å². The molecule has 1 aliphatic rings. The molecule has 0 radical (unpaired) electrons. The second-order valence-electron chi connectivity index (χ2n) is 6.34. The minimum absolute atomic E-state index is 0.0461. The molecule has 1 heterocycles. The number of carbonyl (C=O) groups is 2. The van der Waals surface area contributed by atoms with Gasteiger partial charge in [0.15, 0.2) is 0 Å². The first-order chi connectivity index (χ1) is 12.5. The number of anilines is 1. The van der Waals surface area contributed by atoms with Crippen molar-refractivity contribution in [1.29, 1.82) is 0 Å². The van der Waals surface area contributed by atoms with Gasteiger partial charge in [0, 0.05) is 18.8 Å². The van der Waals surface area contributed by atoms with Crippen molar-refractivity contribution in [3.8, 4) is 5.75 Å². The highest BCUT2D eigenvalue weighted by atomic mass is 16.5. The molecule has 6 nitrogen and oxygen atoms in total. The summed E-state index contributed by atoms with van der Waals surface area (Å²) in [6, 6.07) is 12.1. The number of aryl methyl sites for hydroxylation is 1. The fraction of sp³-hybridized carbons (Fsp3) is 0.300. The lowest BCUT2D eigenvalue weighted by atomic mass is 10.1. The van der Waals surface area contributed by atoms with E-state index in [1.54, 1.807) is 35.2 Å². The third kappa shape index (κ3) is 4.40. The van der Waals surface area contributed by atoms with Crippen LogP contribution in [-0.2, 0) is 16.0 Å². The summed E-state index contributed by atoms with van der Waals surface area (Å²) in [7, 11) is 0. The molecule has 2 amide bonds. The van der Waals surface area contributed by atoms with Crippen LogP contribution in [0.1, 0.15) is 21.5 Å². The van der Waals surface area contributed by atoms with E-state index in [1.165, 1.54) is 0 Å². The van der Waals surface area contributed by atoms with Gasteiger partial charge in [-0.15, -0.1) is 0 Å². The summed E-state index contributed by atoms with van der Waals surface area (Å²) in [5.41, 5.74) is 2.60. The summed E-state index contributed by atoms with van der Waals surface area (Å²) < 4.78 is 5.25. The molecule has 1 saturated heterocycles. The molecular formula is C20H22N2O4. The maximum Gasteiger partial charge on any atom is 0.259 e. The average molecular weight is 354 g/mol. The molecule has 2 aromatic rings. The summed E-state index contributed by atoms with van der Waals surface area (Å²) in [6.07, 6.45) is 0.326. The number of nitrogens with one attached hydrogen (secondary N) is 1. The molecule has 26 heavy (non-hydrogen) atoms. The van der Waals surface area contributed by atoms with Crippen LogP contribution in [0.2, 0.25) is 0 Å². The second kappa shape index (κ2) is 8.01. The maximum atomic E-state index is 12.3. The standard InChI is InChI=1S/C20H22N2O4/c1-14-2-7-17(18(23)12-14)20(25)21-16-5-3-15(4-6-16)13-19(24)22-8-10-26-11-9-22/h2-7,12,23H,8-11,13H2,1H3,(H,21,25). The largest absolute Gasteiger partial charge is 0.507 e. The molecule has 6 heteroatoms. The second-order valence-corrected chi connectivity index (χ2v) is 6.34. The number of rotatable bonds is 4. The van der Waals surface area contributed by atoms with Gasteiger partial charge in [-0.1, -0.05) is 18.2 Å². The maximum absolute atomic E-state index is 12.3. The number of aromatic hydroxyl groups is 1. The minimum atomic E-state index is -0.375. The number of phenolic OH excluding ortho intramolecular Hbond substituents is 1. The Morgan fingerprint density at radius 1 is 1.12 bits per heavy atom. The highest BCUT2D eigenvalue weighted by molar-refractivity contribution is 6.06. The van der Waals surface area contributed by atoms with E-state index in [0.717, 1.165) is 11.1 Å². The molecule has 136 valence electrons. The van der Waals surface area contributed by atoms with Gasteiger partial charge in [-0.3, -0.25) is 9.59 Å². The third-order valence-corrected chi connectivity index (χ3v) is 4.33. The molecule has 3 rings (SSSR count). The molecule has 0 unspecified atom stereocenters. The van der Waals surface area contributed by atoms with Crippen molar-refractivity contribution in [2.45, 2.75) is 13.3 Å². The lowest BCUT2D eigenvalue weighted by molar-refractivity contribution is -0.134. The van der Waals surface area contributed by atoms with Crippen LogP contribution in [0, 0.1) is 6.92 Å². The zero-order valence-corrected chi connectivity index (χ0v) is 14.7. The van der Waals surface area contributed by atoms with E-state index < -0.39 is 0 Å². The van der Waals surface area contributed by atoms with Gasteiger partial charge in [-0.25, -0.2) is 0 Å². The Bertz CT molecular complexity index is 796. The van der Waals surface area contributed by atoms with E-state index in [1.807, 2.05) is 19.1 Å². The predicted octanol–water partition coefficient (Wildman–Crippen LogP) is 2.35. The van der Waals surface area contributed by atoms with Crippen molar-refractivity contribution >= 4 is 17.5 Å². The van der Waals surface area contributed by atoms with Crippen LogP contribution in [0.4, 0.5) is 5.69 Å². The Hall–Kier alpha value is -2.86. The first kappa shape index (κ1) is 17.9. The summed E-state index contributed by atoms with van der Waals surface area (Å²) in [6.45, 7) is 4.28. The Kier molecular flexibility index (Phi) is 5.53. The molecule has 2 aromatic carbocycles. The summed E-state index contributed by atoms with van der Waals surface area (Å²) in [4.78, 5) is 26.3. The number of amides is 2. The topological polar surface area (TPSA) is 78.9 Å². The van der Waals surface area contributed by atoms with Crippen molar-refractivity contribution < 1.29 is 19.4 Å². The molecule has 0 aromatic heterocycles. The quantitative estimate of drug-likeness (QED) is 0.883. The fourth-order valence-electron chi connectivity index (χ4n) is 2.84. The number of ether oxygens (including phenoxy) is 1. The van der Waals surface area contributed by atoms with Crippen molar-refractivity contribution in [1.82, 2.24) is 4.90 Å². The highest BCUT2D eigenvalue weighted by Gasteiger charge is 2.17. The zero-order chi connectivity index (χ0) is 18.5. The zero-order valence-electron chi connectivity index (χ0n) is 14.7. The first-order valence-corrected chi connectivity index (χ1v) is 8.58. The van der Waals surface area contributed by atoms with Crippen LogP contribution in [0.25, 0.3) is 0 Å². The molecule has 0 saturated carbocycles. The Morgan fingerprint density at radius 2 is 1.81 bits per heavy atom. The van der Waals surface area contributed by atoms with E-state index in [-0.39, 0.29) is 23.1 Å². The molecule has 0 bridgehead atoms. The number of hydrogen-bond acceptors (Lipinski definition) is 4. The first-order valence-electron chi connectivity index (χ1n) is 8.58. The Balaban J connectivity index is 1.60. The number of carbonyl (C=O) groups excluding carboxylic acids is 2. The van der Waals surface area contributed by atoms with Gasteiger partial charge in [0.25, 0.3) is 5.91 Å². The predicted molar refractivity (Wildman–Crippen MR) is 98.3 cm³/mol. The van der Waals surface area contributed by atoms with E-state index in [0.29, 0.717) is 38.4 Å². The van der Waals surface area contributed by atoms with Gasteiger partial charge >= 0.3 is 0 Å². The number of hydrogen-bond donors (Lipinski definition) is 2. The third-order valence-electron chi connectivity index (χ3n) is 4.33. The van der Waals surface area contributed by atoms with Crippen molar-refractivity contribution in [3.63, 3.8) is 0 Å². The Labute approximate surface area is 152 Å². The SMILES string of the molecule is Cc1ccc(C(=O)Nc2ccc(CC(=O)N3CCOCC3)cc2)c(O)c1. The van der Waals surface area contributed by atoms with E-state index in [4.69, 9.17) is 4.74 Å². The molecular weight excluding hydrogens is 332 g/mol. The van der Waals surface area contributed by atoms with Crippen LogP contribution in [0.5, 0.6) is 5.75 Å². The van der Waals surface area contributed by atoms with Gasteiger partial charge in [0.1, 0.15) is 5.75 Å². The number of phenols is 1. The van der Waals surface area contributed by atoms with E-state index in [9.17, 15) is 14.7 Å². The molecule has 2 N–H and O–H groups in total. The summed E-state index contributed by atoms with van der Waals surface area (Å²) in [5.74, 6) is -0.343. The van der Waals surface area contributed by atoms with Crippen LogP contribution in [0.15, 0.2) is 42.5 Å². The van der Waals surface area contributed by atoms with E-state index in [2.05, 4.69) is 5.32 Å². The number of benzene rings is 2.